The monoisotopic (exact) mass is 312 g/mol. The van der Waals surface area contributed by atoms with Gasteiger partial charge >= 0.3 is 0 Å². The maximum absolute atomic E-state index is 6.40. The van der Waals surface area contributed by atoms with Crippen LogP contribution in [0.4, 0.5) is 0 Å². The van der Waals surface area contributed by atoms with Gasteiger partial charge in [-0.25, -0.2) is 0 Å². The Hall–Kier alpha value is -1.06. The van der Waals surface area contributed by atoms with Crippen LogP contribution in [0.25, 0.3) is 0 Å². The summed E-state index contributed by atoms with van der Waals surface area (Å²) < 4.78 is 6.40. The summed E-state index contributed by atoms with van der Waals surface area (Å²) in [5, 5.41) is 4.04. The number of nitrogens with zero attached hydrogens (tertiary/aromatic N) is 1. The van der Waals surface area contributed by atoms with E-state index in [4.69, 9.17) is 4.74 Å². The van der Waals surface area contributed by atoms with Crippen molar-refractivity contribution in [3.63, 3.8) is 0 Å². The molecular weight excluding hydrogens is 284 g/mol. The normalized spacial score (nSPS) is 35.2. The van der Waals surface area contributed by atoms with Gasteiger partial charge in [-0.05, 0) is 64.1 Å². The van der Waals surface area contributed by atoms with Crippen molar-refractivity contribution >= 4 is 0 Å². The van der Waals surface area contributed by atoms with Gasteiger partial charge in [-0.15, -0.1) is 0 Å². The van der Waals surface area contributed by atoms with Crippen molar-refractivity contribution < 1.29 is 4.74 Å². The van der Waals surface area contributed by atoms with Crippen molar-refractivity contribution in [1.82, 2.24) is 10.2 Å². The molecule has 0 bridgehead atoms. The molecular formula is C20H28N2O. The average Bonchev–Trinajstić information content (AvgIpc) is 3.01. The van der Waals surface area contributed by atoms with Gasteiger partial charge in [0.05, 0.1) is 0 Å². The van der Waals surface area contributed by atoms with E-state index < -0.39 is 0 Å². The Labute approximate surface area is 139 Å². The van der Waals surface area contributed by atoms with Gasteiger partial charge in [0.15, 0.2) is 0 Å². The zero-order valence-corrected chi connectivity index (χ0v) is 14.0. The minimum absolute atomic E-state index is 0.139. The molecule has 3 aliphatic heterocycles. The molecule has 4 aliphatic rings. The van der Waals surface area contributed by atoms with Gasteiger partial charge in [0.1, 0.15) is 11.4 Å². The number of hydrogen-bond acceptors (Lipinski definition) is 3. The van der Waals surface area contributed by atoms with Gasteiger partial charge in [-0.2, -0.15) is 0 Å². The van der Waals surface area contributed by atoms with Crippen molar-refractivity contribution in [2.24, 2.45) is 0 Å². The first-order valence-electron chi connectivity index (χ1n) is 9.59. The molecule has 3 heterocycles. The maximum Gasteiger partial charge on any atom is 0.124 e. The van der Waals surface area contributed by atoms with Crippen molar-refractivity contribution in [2.45, 2.75) is 75.1 Å². The lowest BCUT2D eigenvalue weighted by Crippen LogP contribution is -2.52. The van der Waals surface area contributed by atoms with Crippen molar-refractivity contribution in [3.05, 3.63) is 29.8 Å². The number of nitrogens with one attached hydrogen (secondary N) is 1. The standard InChI is InChI=1S/C20H28N2O/c1-2-7-19-17(6-1)18(14-20(23-19)9-4-10-20)21-15-8-12-22-11-3-5-16(22)13-15/h1-2,6-7,15-16,18,21H,3-5,8-14H2/t15-,16+,18+/m1/s1. The lowest BCUT2D eigenvalue weighted by Gasteiger charge is -2.49. The lowest BCUT2D eigenvalue weighted by atomic mass is 9.72. The third kappa shape index (κ3) is 2.49. The van der Waals surface area contributed by atoms with Gasteiger partial charge in [-0.3, -0.25) is 0 Å². The summed E-state index contributed by atoms with van der Waals surface area (Å²) in [4.78, 5) is 2.71. The number of benzene rings is 1. The third-order valence-electron chi connectivity index (χ3n) is 6.72. The highest BCUT2D eigenvalue weighted by atomic mass is 16.5. The highest BCUT2D eigenvalue weighted by molar-refractivity contribution is 5.39. The summed E-state index contributed by atoms with van der Waals surface area (Å²) in [5.41, 5.74) is 1.53. The highest BCUT2D eigenvalue weighted by Gasteiger charge is 2.46. The van der Waals surface area contributed by atoms with E-state index in [1.807, 2.05) is 0 Å². The van der Waals surface area contributed by atoms with E-state index in [2.05, 4.69) is 34.5 Å². The first kappa shape index (κ1) is 14.3. The average molecular weight is 312 g/mol. The third-order valence-corrected chi connectivity index (χ3v) is 6.72. The molecule has 3 nitrogen and oxygen atoms in total. The smallest absolute Gasteiger partial charge is 0.124 e. The Kier molecular flexibility index (Phi) is 3.41. The minimum Gasteiger partial charge on any atom is -0.487 e. The number of fused-ring (bicyclic) bond motifs is 2. The van der Waals surface area contributed by atoms with Crippen LogP contribution in [0.3, 0.4) is 0 Å². The van der Waals surface area contributed by atoms with Crippen LogP contribution >= 0.6 is 0 Å². The van der Waals surface area contributed by atoms with E-state index in [0.29, 0.717) is 12.1 Å². The number of ether oxygens (including phenoxy) is 1. The number of para-hydroxylation sites is 1. The molecule has 3 heteroatoms. The van der Waals surface area contributed by atoms with Crippen molar-refractivity contribution in [2.75, 3.05) is 13.1 Å². The van der Waals surface area contributed by atoms with Gasteiger partial charge in [0, 0.05) is 30.1 Å². The van der Waals surface area contributed by atoms with E-state index in [0.717, 1.165) is 18.2 Å². The Morgan fingerprint density at radius 2 is 2.00 bits per heavy atom. The van der Waals surface area contributed by atoms with Crippen LogP contribution in [-0.2, 0) is 0 Å². The first-order chi connectivity index (χ1) is 11.3. The van der Waals surface area contributed by atoms with Crippen LogP contribution in [-0.4, -0.2) is 35.7 Å². The quantitative estimate of drug-likeness (QED) is 0.902. The molecule has 0 unspecified atom stereocenters. The Morgan fingerprint density at radius 3 is 2.87 bits per heavy atom. The lowest BCUT2D eigenvalue weighted by molar-refractivity contribution is -0.0390. The van der Waals surface area contributed by atoms with E-state index >= 15 is 0 Å². The van der Waals surface area contributed by atoms with Gasteiger partial charge in [0.25, 0.3) is 0 Å². The summed E-state index contributed by atoms with van der Waals surface area (Å²) in [5.74, 6) is 1.13. The molecule has 1 saturated carbocycles. The molecule has 3 atom stereocenters. The van der Waals surface area contributed by atoms with Crippen LogP contribution < -0.4 is 10.1 Å². The molecule has 0 aromatic heterocycles. The van der Waals surface area contributed by atoms with E-state index in [-0.39, 0.29) is 5.60 Å². The Morgan fingerprint density at radius 1 is 1.09 bits per heavy atom. The number of hydrogen-bond donors (Lipinski definition) is 1. The van der Waals surface area contributed by atoms with Crippen LogP contribution in [0.15, 0.2) is 24.3 Å². The number of rotatable bonds is 2. The molecule has 0 radical (unpaired) electrons. The van der Waals surface area contributed by atoms with Crippen molar-refractivity contribution in [1.29, 1.82) is 0 Å². The Bertz CT molecular complexity index is 583. The minimum atomic E-state index is 0.139. The fraction of sp³-hybridized carbons (Fsp3) is 0.700. The molecule has 0 amide bonds. The van der Waals surface area contributed by atoms with E-state index in [9.17, 15) is 0 Å². The summed E-state index contributed by atoms with van der Waals surface area (Å²) in [7, 11) is 0. The highest BCUT2D eigenvalue weighted by Crippen LogP contribution is 2.49. The Balaban J connectivity index is 1.35. The predicted molar refractivity (Wildman–Crippen MR) is 91.8 cm³/mol. The molecule has 1 aromatic carbocycles. The molecule has 23 heavy (non-hydrogen) atoms. The van der Waals surface area contributed by atoms with E-state index in [1.54, 1.807) is 0 Å². The SMILES string of the molecule is c1ccc2c(c1)OC1(CCC1)C[C@@H]2N[C@@H]1CCN2CCC[C@H]2C1. The second-order valence-corrected chi connectivity index (χ2v) is 8.15. The molecule has 124 valence electrons. The largest absolute Gasteiger partial charge is 0.487 e. The summed E-state index contributed by atoms with van der Waals surface area (Å²) in [6, 6.07) is 10.7. The van der Waals surface area contributed by atoms with Crippen LogP contribution in [0, 0.1) is 0 Å². The fourth-order valence-corrected chi connectivity index (χ4v) is 5.30. The molecule has 1 spiro atoms. The predicted octanol–water partition coefficient (Wildman–Crippen LogP) is 3.65. The summed E-state index contributed by atoms with van der Waals surface area (Å²) >= 11 is 0. The van der Waals surface area contributed by atoms with Crippen LogP contribution in [0.1, 0.15) is 63.0 Å². The van der Waals surface area contributed by atoms with Gasteiger partial charge in [0.2, 0.25) is 0 Å². The fourth-order valence-electron chi connectivity index (χ4n) is 5.30. The second kappa shape index (κ2) is 5.49. The molecule has 1 aliphatic carbocycles. The molecule has 3 fully saturated rings. The zero-order valence-electron chi connectivity index (χ0n) is 14.0. The van der Waals surface area contributed by atoms with Crippen LogP contribution in [0.2, 0.25) is 0 Å². The first-order valence-corrected chi connectivity index (χ1v) is 9.59. The van der Waals surface area contributed by atoms with Crippen molar-refractivity contribution in [3.8, 4) is 5.75 Å². The second-order valence-electron chi connectivity index (χ2n) is 8.15. The molecule has 2 saturated heterocycles. The molecule has 5 rings (SSSR count). The molecule has 1 aromatic rings. The maximum atomic E-state index is 6.40. The van der Waals surface area contributed by atoms with Gasteiger partial charge in [-0.1, -0.05) is 18.2 Å². The van der Waals surface area contributed by atoms with Gasteiger partial charge < -0.3 is 15.0 Å². The summed E-state index contributed by atoms with van der Waals surface area (Å²) in [6.45, 7) is 2.62. The summed E-state index contributed by atoms with van der Waals surface area (Å²) in [6.07, 6.45) is 10.4. The zero-order chi connectivity index (χ0) is 15.3. The van der Waals surface area contributed by atoms with E-state index in [1.165, 1.54) is 63.6 Å². The molecule has 1 N–H and O–H groups in total. The van der Waals surface area contributed by atoms with Crippen LogP contribution in [0.5, 0.6) is 5.75 Å². The number of piperidine rings is 1. The topological polar surface area (TPSA) is 24.5 Å².